The number of benzene rings is 1. The van der Waals surface area contributed by atoms with Gasteiger partial charge in [0.1, 0.15) is 12.1 Å². The third-order valence-corrected chi connectivity index (χ3v) is 2.03. The lowest BCUT2D eigenvalue weighted by Gasteiger charge is -2.03. The average molecular weight is 269 g/mol. The summed E-state index contributed by atoms with van der Waals surface area (Å²) in [5, 5.41) is 31.5. The molecule has 10 nitrogen and oxygen atoms in total. The summed E-state index contributed by atoms with van der Waals surface area (Å²) in [5.41, 5.74) is -1.75. The average Bonchev–Trinajstić information content (AvgIpc) is 2.34. The normalized spacial score (nSPS) is 9.68. The SMILES string of the molecule is O=C(O)CNC(=O)c1ccc([N+](=O)[O-])cc1[N+](=O)[O-]. The summed E-state index contributed by atoms with van der Waals surface area (Å²) in [4.78, 5) is 41.2. The number of carboxylic acids is 1. The molecule has 10 heteroatoms. The van der Waals surface area contributed by atoms with Crippen LogP contribution in [0.4, 0.5) is 11.4 Å². The highest BCUT2D eigenvalue weighted by Gasteiger charge is 2.24. The van der Waals surface area contributed by atoms with Crippen LogP contribution in [0.3, 0.4) is 0 Å². The van der Waals surface area contributed by atoms with E-state index in [1.807, 2.05) is 5.32 Å². The van der Waals surface area contributed by atoms with Gasteiger partial charge in [0, 0.05) is 6.07 Å². The molecule has 0 bridgehead atoms. The molecule has 0 aliphatic rings. The standard InChI is InChI=1S/C9H7N3O7/c13-8(14)4-10-9(15)6-2-1-5(11(16)17)3-7(6)12(18)19/h1-3H,4H2,(H,10,15)(H,13,14). The number of nitro groups is 2. The molecule has 100 valence electrons. The van der Waals surface area contributed by atoms with Crippen LogP contribution in [0, 0.1) is 20.2 Å². The van der Waals surface area contributed by atoms with E-state index in [0.717, 1.165) is 12.1 Å². The van der Waals surface area contributed by atoms with E-state index in [4.69, 9.17) is 5.11 Å². The zero-order chi connectivity index (χ0) is 14.6. The van der Waals surface area contributed by atoms with Gasteiger partial charge in [-0.05, 0) is 6.07 Å². The molecule has 19 heavy (non-hydrogen) atoms. The Bertz CT molecular complexity index is 569. The highest BCUT2D eigenvalue weighted by molar-refractivity contribution is 5.99. The van der Waals surface area contributed by atoms with Gasteiger partial charge in [0.15, 0.2) is 0 Å². The maximum absolute atomic E-state index is 11.5. The number of hydrogen-bond donors (Lipinski definition) is 2. The molecule has 1 aromatic carbocycles. The van der Waals surface area contributed by atoms with Crippen LogP contribution < -0.4 is 5.32 Å². The van der Waals surface area contributed by atoms with Gasteiger partial charge in [-0.1, -0.05) is 0 Å². The van der Waals surface area contributed by atoms with Crippen molar-refractivity contribution in [3.63, 3.8) is 0 Å². The Balaban J connectivity index is 3.13. The van der Waals surface area contributed by atoms with Crippen molar-refractivity contribution in [1.82, 2.24) is 5.32 Å². The molecule has 0 saturated carbocycles. The maximum atomic E-state index is 11.5. The van der Waals surface area contributed by atoms with E-state index in [-0.39, 0.29) is 0 Å². The molecule has 1 rings (SSSR count). The molecule has 0 fully saturated rings. The van der Waals surface area contributed by atoms with Gasteiger partial charge >= 0.3 is 5.97 Å². The fourth-order valence-corrected chi connectivity index (χ4v) is 1.23. The molecule has 0 radical (unpaired) electrons. The highest BCUT2D eigenvalue weighted by atomic mass is 16.6. The van der Waals surface area contributed by atoms with E-state index in [1.165, 1.54) is 0 Å². The first-order chi connectivity index (χ1) is 8.82. The summed E-state index contributed by atoms with van der Waals surface area (Å²) in [5.74, 6) is -2.32. The lowest BCUT2D eigenvalue weighted by Crippen LogP contribution is -2.29. The minimum Gasteiger partial charge on any atom is -0.480 e. The van der Waals surface area contributed by atoms with E-state index < -0.39 is 45.2 Å². The van der Waals surface area contributed by atoms with Gasteiger partial charge in [-0.25, -0.2) is 0 Å². The number of nitrogens with zero attached hydrogens (tertiary/aromatic N) is 2. The van der Waals surface area contributed by atoms with Crippen LogP contribution in [-0.2, 0) is 4.79 Å². The Labute approximate surface area is 104 Å². The molecule has 0 unspecified atom stereocenters. The molecule has 0 spiro atoms. The van der Waals surface area contributed by atoms with Gasteiger partial charge in [0.2, 0.25) is 0 Å². The summed E-state index contributed by atoms with van der Waals surface area (Å²) >= 11 is 0. The van der Waals surface area contributed by atoms with Crippen molar-refractivity contribution in [3.8, 4) is 0 Å². The number of carboxylic acid groups (broad SMARTS) is 1. The highest BCUT2D eigenvalue weighted by Crippen LogP contribution is 2.24. The van der Waals surface area contributed by atoms with Gasteiger partial charge in [-0.3, -0.25) is 29.8 Å². The predicted molar refractivity (Wildman–Crippen MR) is 59.7 cm³/mol. The van der Waals surface area contributed by atoms with Crippen molar-refractivity contribution in [3.05, 3.63) is 44.0 Å². The van der Waals surface area contributed by atoms with Gasteiger partial charge < -0.3 is 10.4 Å². The Morgan fingerprint density at radius 1 is 1.21 bits per heavy atom. The molecule has 1 amide bonds. The molecule has 0 aliphatic heterocycles. The third kappa shape index (κ3) is 3.46. The second-order valence-electron chi connectivity index (χ2n) is 3.29. The van der Waals surface area contributed by atoms with Crippen LogP contribution >= 0.6 is 0 Å². The fraction of sp³-hybridized carbons (Fsp3) is 0.111. The fourth-order valence-electron chi connectivity index (χ4n) is 1.23. The van der Waals surface area contributed by atoms with E-state index in [1.54, 1.807) is 0 Å². The molecular weight excluding hydrogens is 262 g/mol. The number of carbonyl (C=O) groups is 2. The third-order valence-electron chi connectivity index (χ3n) is 2.03. The number of non-ortho nitro benzene ring substituents is 1. The second kappa shape index (κ2) is 5.53. The maximum Gasteiger partial charge on any atom is 0.322 e. The van der Waals surface area contributed by atoms with Crippen molar-refractivity contribution in [2.45, 2.75) is 0 Å². The van der Waals surface area contributed by atoms with Crippen molar-refractivity contribution in [2.24, 2.45) is 0 Å². The smallest absolute Gasteiger partial charge is 0.322 e. The van der Waals surface area contributed by atoms with Crippen LogP contribution in [0.25, 0.3) is 0 Å². The van der Waals surface area contributed by atoms with Crippen molar-refractivity contribution in [2.75, 3.05) is 6.54 Å². The first kappa shape index (κ1) is 14.0. The van der Waals surface area contributed by atoms with Gasteiger partial charge in [-0.15, -0.1) is 0 Å². The predicted octanol–water partition coefficient (Wildman–Crippen LogP) is 0.317. The minimum atomic E-state index is -1.32. The van der Waals surface area contributed by atoms with E-state index in [9.17, 15) is 29.8 Å². The summed E-state index contributed by atoms with van der Waals surface area (Å²) < 4.78 is 0. The van der Waals surface area contributed by atoms with Crippen LogP contribution in [0.5, 0.6) is 0 Å². The summed E-state index contributed by atoms with van der Waals surface area (Å²) in [6, 6.07) is 2.45. The summed E-state index contributed by atoms with van der Waals surface area (Å²) in [7, 11) is 0. The number of nitro benzene ring substituents is 2. The van der Waals surface area contributed by atoms with E-state index in [0.29, 0.717) is 6.07 Å². The Kier molecular flexibility index (Phi) is 4.08. The van der Waals surface area contributed by atoms with Crippen LogP contribution in [0.1, 0.15) is 10.4 Å². The lowest BCUT2D eigenvalue weighted by molar-refractivity contribution is -0.394. The zero-order valence-electron chi connectivity index (χ0n) is 9.23. The molecule has 1 aromatic rings. The Morgan fingerprint density at radius 2 is 1.84 bits per heavy atom. The van der Waals surface area contributed by atoms with Crippen molar-refractivity contribution in [1.29, 1.82) is 0 Å². The first-order valence-corrected chi connectivity index (χ1v) is 4.75. The first-order valence-electron chi connectivity index (χ1n) is 4.75. The number of carbonyl (C=O) groups excluding carboxylic acids is 1. The minimum absolute atomic E-state index is 0.447. The quantitative estimate of drug-likeness (QED) is 0.576. The van der Waals surface area contributed by atoms with Crippen LogP contribution in [0.2, 0.25) is 0 Å². The Hall–Kier alpha value is -3.04. The van der Waals surface area contributed by atoms with Crippen LogP contribution in [-0.4, -0.2) is 33.4 Å². The van der Waals surface area contributed by atoms with Gasteiger partial charge in [0.05, 0.1) is 15.9 Å². The number of amides is 1. The Morgan fingerprint density at radius 3 is 2.32 bits per heavy atom. The lowest BCUT2D eigenvalue weighted by atomic mass is 10.1. The number of aliphatic carboxylic acids is 1. The molecule has 0 atom stereocenters. The number of hydrogen-bond acceptors (Lipinski definition) is 6. The molecule has 2 N–H and O–H groups in total. The summed E-state index contributed by atoms with van der Waals surface area (Å²) in [6.07, 6.45) is 0. The van der Waals surface area contributed by atoms with Crippen molar-refractivity contribution < 1.29 is 24.5 Å². The second-order valence-corrected chi connectivity index (χ2v) is 3.29. The molecule has 0 aromatic heterocycles. The topological polar surface area (TPSA) is 153 Å². The molecular formula is C9H7N3O7. The van der Waals surface area contributed by atoms with Crippen molar-refractivity contribution >= 4 is 23.3 Å². The van der Waals surface area contributed by atoms with Gasteiger partial charge in [-0.2, -0.15) is 0 Å². The number of nitrogens with one attached hydrogen (secondary N) is 1. The monoisotopic (exact) mass is 269 g/mol. The number of rotatable bonds is 5. The summed E-state index contributed by atoms with van der Waals surface area (Å²) in [6.45, 7) is -0.715. The van der Waals surface area contributed by atoms with E-state index >= 15 is 0 Å². The molecule has 0 heterocycles. The molecule has 0 aliphatic carbocycles. The van der Waals surface area contributed by atoms with E-state index in [2.05, 4.69) is 0 Å². The zero-order valence-corrected chi connectivity index (χ0v) is 9.23. The van der Waals surface area contributed by atoms with Gasteiger partial charge in [0.25, 0.3) is 17.3 Å². The van der Waals surface area contributed by atoms with Crippen LogP contribution in [0.15, 0.2) is 18.2 Å². The molecule has 0 saturated heterocycles. The largest absolute Gasteiger partial charge is 0.480 e.